The first-order chi connectivity index (χ1) is 12.6. The van der Waals surface area contributed by atoms with E-state index in [0.717, 1.165) is 11.1 Å². The first-order valence-electron chi connectivity index (χ1n) is 8.17. The van der Waals surface area contributed by atoms with E-state index >= 15 is 0 Å². The fourth-order valence-corrected chi connectivity index (χ4v) is 2.70. The van der Waals surface area contributed by atoms with Gasteiger partial charge in [0.2, 0.25) is 0 Å². The van der Waals surface area contributed by atoms with Crippen molar-refractivity contribution in [3.05, 3.63) is 59.7 Å². The maximum Gasteiger partial charge on any atom is 0.411 e. The van der Waals surface area contributed by atoms with Crippen LogP contribution in [-0.4, -0.2) is 33.0 Å². The maximum absolute atomic E-state index is 11.4. The molecule has 7 nitrogen and oxygen atoms in total. The Labute approximate surface area is 152 Å². The second-order valence-corrected chi connectivity index (χ2v) is 5.61. The molecule has 0 fully saturated rings. The van der Waals surface area contributed by atoms with Gasteiger partial charge in [-0.1, -0.05) is 24.3 Å². The van der Waals surface area contributed by atoms with Crippen molar-refractivity contribution >= 4 is 23.6 Å². The number of ether oxygens (including phenoxy) is 2. The lowest BCUT2D eigenvalue weighted by Gasteiger charge is -2.19. The Morgan fingerprint density at radius 2 is 1.38 bits per heavy atom. The normalized spacial score (nSPS) is 10.3. The average molecular weight is 357 g/mol. The molecule has 138 valence electrons. The van der Waals surface area contributed by atoms with Gasteiger partial charge in [-0.2, -0.15) is 0 Å². The van der Waals surface area contributed by atoms with Crippen molar-refractivity contribution in [2.45, 2.75) is 12.3 Å². The first kappa shape index (κ1) is 19.3. The largest absolute Gasteiger partial charge is 0.453 e. The summed E-state index contributed by atoms with van der Waals surface area (Å²) in [5, 5.41) is 5.32. The van der Waals surface area contributed by atoms with Gasteiger partial charge in [-0.05, 0) is 48.4 Å². The summed E-state index contributed by atoms with van der Waals surface area (Å²) >= 11 is 0. The van der Waals surface area contributed by atoms with E-state index in [-0.39, 0.29) is 5.92 Å². The molecule has 0 aliphatic heterocycles. The molecule has 0 aliphatic rings. The second kappa shape index (κ2) is 9.43. The Kier molecular flexibility index (Phi) is 6.99. The second-order valence-electron chi connectivity index (χ2n) is 5.61. The molecule has 2 aromatic carbocycles. The van der Waals surface area contributed by atoms with E-state index < -0.39 is 12.2 Å². The fourth-order valence-electron chi connectivity index (χ4n) is 2.70. The van der Waals surface area contributed by atoms with E-state index in [2.05, 4.69) is 20.1 Å². The minimum atomic E-state index is -0.526. The van der Waals surface area contributed by atoms with Gasteiger partial charge in [-0.15, -0.1) is 0 Å². The van der Waals surface area contributed by atoms with Gasteiger partial charge in [-0.3, -0.25) is 10.6 Å². The number of anilines is 2. The highest BCUT2D eigenvalue weighted by atomic mass is 16.5. The van der Waals surface area contributed by atoms with Crippen LogP contribution in [0, 0.1) is 0 Å². The summed E-state index contributed by atoms with van der Waals surface area (Å²) in [5.74, 6) is 0.0128. The highest BCUT2D eigenvalue weighted by Crippen LogP contribution is 2.30. The van der Waals surface area contributed by atoms with Gasteiger partial charge in [0, 0.05) is 17.3 Å². The van der Waals surface area contributed by atoms with Crippen LogP contribution in [0.3, 0.4) is 0 Å². The highest BCUT2D eigenvalue weighted by molar-refractivity contribution is 5.85. The lowest BCUT2D eigenvalue weighted by Crippen LogP contribution is -2.13. The SMILES string of the molecule is COC(=O)Nc1cccc(C(CCN)c2cccc(NC(=O)OC)c2)c1. The average Bonchev–Trinajstić information content (AvgIpc) is 2.66. The molecule has 0 spiro atoms. The van der Waals surface area contributed by atoms with Gasteiger partial charge in [0.25, 0.3) is 0 Å². The zero-order valence-electron chi connectivity index (χ0n) is 14.8. The topological polar surface area (TPSA) is 103 Å². The summed E-state index contributed by atoms with van der Waals surface area (Å²) in [6.07, 6.45) is -0.341. The molecule has 0 heterocycles. The van der Waals surface area contributed by atoms with Crippen LogP contribution in [-0.2, 0) is 9.47 Å². The quantitative estimate of drug-likeness (QED) is 0.734. The first-order valence-corrected chi connectivity index (χ1v) is 8.17. The van der Waals surface area contributed by atoms with Crippen LogP contribution in [0.2, 0.25) is 0 Å². The van der Waals surface area contributed by atoms with Gasteiger partial charge >= 0.3 is 12.2 Å². The van der Waals surface area contributed by atoms with Crippen molar-refractivity contribution in [2.24, 2.45) is 5.73 Å². The molecule has 4 N–H and O–H groups in total. The minimum Gasteiger partial charge on any atom is -0.453 e. The molecule has 2 amide bonds. The lowest BCUT2D eigenvalue weighted by molar-refractivity contribution is 0.186. The van der Waals surface area contributed by atoms with E-state index in [0.29, 0.717) is 24.3 Å². The van der Waals surface area contributed by atoms with E-state index in [1.54, 1.807) is 12.1 Å². The Hall–Kier alpha value is -3.06. The number of hydrogen-bond acceptors (Lipinski definition) is 5. The molecule has 0 unspecified atom stereocenters. The van der Waals surface area contributed by atoms with Crippen molar-refractivity contribution in [3.8, 4) is 0 Å². The van der Waals surface area contributed by atoms with Crippen molar-refractivity contribution in [1.82, 2.24) is 0 Å². The van der Waals surface area contributed by atoms with Crippen molar-refractivity contribution in [2.75, 3.05) is 31.4 Å². The summed E-state index contributed by atoms with van der Waals surface area (Å²) in [6, 6.07) is 15.0. The summed E-state index contributed by atoms with van der Waals surface area (Å²) in [6.45, 7) is 0.494. The van der Waals surface area contributed by atoms with E-state index in [4.69, 9.17) is 5.73 Å². The molecule has 2 aromatic rings. The zero-order chi connectivity index (χ0) is 18.9. The van der Waals surface area contributed by atoms with Crippen LogP contribution in [0.1, 0.15) is 23.5 Å². The number of methoxy groups -OCH3 is 2. The molecule has 7 heteroatoms. The molecule has 0 bridgehead atoms. The Morgan fingerprint density at radius 1 is 0.923 bits per heavy atom. The number of nitrogens with two attached hydrogens (primary N) is 1. The van der Waals surface area contributed by atoms with Crippen LogP contribution in [0.5, 0.6) is 0 Å². The standard InChI is InChI=1S/C19H23N3O4/c1-25-18(23)21-15-7-3-5-13(11-15)17(9-10-20)14-6-4-8-16(12-14)22-19(24)26-2/h3-8,11-12,17H,9-10,20H2,1-2H3,(H,21,23)(H,22,24). The molecule has 0 aliphatic carbocycles. The minimum absolute atomic E-state index is 0.0128. The fraction of sp³-hybridized carbons (Fsp3) is 0.263. The molecular formula is C19H23N3O4. The zero-order valence-corrected chi connectivity index (χ0v) is 14.8. The number of nitrogens with one attached hydrogen (secondary N) is 2. The van der Waals surface area contributed by atoms with Crippen LogP contribution >= 0.6 is 0 Å². The smallest absolute Gasteiger partial charge is 0.411 e. The third kappa shape index (κ3) is 5.22. The number of rotatable bonds is 6. The molecule has 0 saturated heterocycles. The summed E-state index contributed by atoms with van der Waals surface area (Å²) in [5.41, 5.74) is 9.08. The molecular weight excluding hydrogens is 334 g/mol. The molecule has 0 radical (unpaired) electrons. The van der Waals surface area contributed by atoms with Crippen LogP contribution < -0.4 is 16.4 Å². The Morgan fingerprint density at radius 3 is 1.77 bits per heavy atom. The number of carbonyl (C=O) groups is 2. The van der Waals surface area contributed by atoms with Crippen LogP contribution in [0.25, 0.3) is 0 Å². The van der Waals surface area contributed by atoms with Gasteiger partial charge in [0.1, 0.15) is 0 Å². The van der Waals surface area contributed by atoms with E-state index in [9.17, 15) is 9.59 Å². The summed E-state index contributed by atoms with van der Waals surface area (Å²) in [7, 11) is 2.63. The number of hydrogen-bond donors (Lipinski definition) is 3. The monoisotopic (exact) mass is 357 g/mol. The molecule has 2 rings (SSSR count). The summed E-state index contributed by atoms with van der Waals surface area (Å²) in [4.78, 5) is 22.9. The van der Waals surface area contributed by atoms with Crippen molar-refractivity contribution in [1.29, 1.82) is 0 Å². The van der Waals surface area contributed by atoms with Crippen molar-refractivity contribution < 1.29 is 19.1 Å². The Bertz CT molecular complexity index is 702. The predicted molar refractivity (Wildman–Crippen MR) is 100 cm³/mol. The lowest BCUT2D eigenvalue weighted by atomic mass is 9.88. The number of carbonyl (C=O) groups excluding carboxylic acids is 2. The third-order valence-electron chi connectivity index (χ3n) is 3.90. The van der Waals surface area contributed by atoms with E-state index in [1.807, 2.05) is 36.4 Å². The van der Waals surface area contributed by atoms with E-state index in [1.165, 1.54) is 14.2 Å². The molecule has 0 atom stereocenters. The Balaban J connectivity index is 2.31. The summed E-state index contributed by atoms with van der Waals surface area (Å²) < 4.78 is 9.26. The predicted octanol–water partition coefficient (Wildman–Crippen LogP) is 3.52. The van der Waals surface area contributed by atoms with Crippen LogP contribution in [0.15, 0.2) is 48.5 Å². The van der Waals surface area contributed by atoms with Gasteiger partial charge in [-0.25, -0.2) is 9.59 Å². The van der Waals surface area contributed by atoms with Gasteiger partial charge in [0.05, 0.1) is 14.2 Å². The van der Waals surface area contributed by atoms with Crippen LogP contribution in [0.4, 0.5) is 21.0 Å². The van der Waals surface area contributed by atoms with Gasteiger partial charge in [0.15, 0.2) is 0 Å². The molecule has 0 saturated carbocycles. The number of benzene rings is 2. The van der Waals surface area contributed by atoms with Gasteiger partial charge < -0.3 is 15.2 Å². The highest BCUT2D eigenvalue weighted by Gasteiger charge is 2.15. The molecule has 0 aromatic heterocycles. The number of amides is 2. The molecule has 26 heavy (non-hydrogen) atoms. The maximum atomic E-state index is 11.4. The van der Waals surface area contributed by atoms with Crippen molar-refractivity contribution in [3.63, 3.8) is 0 Å². The third-order valence-corrected chi connectivity index (χ3v) is 3.90.